The molecule has 1 amide bonds. The van der Waals surface area contributed by atoms with E-state index in [4.69, 9.17) is 4.74 Å². The minimum atomic E-state index is -0.451. The van der Waals surface area contributed by atoms with E-state index in [0.717, 1.165) is 39.9 Å². The van der Waals surface area contributed by atoms with Crippen LogP contribution >= 0.6 is 15.9 Å². The monoisotopic (exact) mass is 411 g/mol. The molecular weight excluding hydrogens is 394 g/mol. The third kappa shape index (κ3) is 3.01. The van der Waals surface area contributed by atoms with Gasteiger partial charge in [-0.05, 0) is 42.7 Å². The van der Waals surface area contributed by atoms with Crippen LogP contribution in [0, 0.1) is 0 Å². The number of carbonyl (C=O) groups is 1. The fraction of sp³-hybridized carbons (Fsp3) is 0.200. The molecule has 1 heterocycles. The van der Waals surface area contributed by atoms with E-state index < -0.39 is 5.41 Å². The number of ether oxygens (including phenoxy) is 1. The van der Waals surface area contributed by atoms with E-state index in [-0.39, 0.29) is 5.91 Å². The van der Waals surface area contributed by atoms with Crippen molar-refractivity contribution < 1.29 is 9.53 Å². The standard InChI is InChI=1S/C20H18BrN3O2/c1-26-17-8-3-2-7-15(17)16-12-18(24-23-16)22-19(25)20(9-10-20)13-5-4-6-14(21)11-13/h2-8,11-12H,9-10H2,1H3,(H2,22,23,24,25). The summed E-state index contributed by atoms with van der Waals surface area (Å²) >= 11 is 3.48. The van der Waals surface area contributed by atoms with Crippen molar-refractivity contribution in [2.75, 3.05) is 12.4 Å². The number of methoxy groups -OCH3 is 1. The maximum atomic E-state index is 12.9. The second-order valence-electron chi connectivity index (χ2n) is 6.41. The Morgan fingerprint density at radius 2 is 2.00 bits per heavy atom. The lowest BCUT2D eigenvalue weighted by Crippen LogP contribution is -2.27. The fourth-order valence-electron chi connectivity index (χ4n) is 3.18. The summed E-state index contributed by atoms with van der Waals surface area (Å²) in [5.74, 6) is 1.24. The first kappa shape index (κ1) is 16.8. The van der Waals surface area contributed by atoms with Gasteiger partial charge in [0.1, 0.15) is 5.75 Å². The Morgan fingerprint density at radius 3 is 2.73 bits per heavy atom. The zero-order valence-corrected chi connectivity index (χ0v) is 15.8. The van der Waals surface area contributed by atoms with Gasteiger partial charge in [-0.1, -0.05) is 40.2 Å². The number of benzene rings is 2. The van der Waals surface area contributed by atoms with Crippen molar-refractivity contribution in [3.8, 4) is 17.0 Å². The van der Waals surface area contributed by atoms with E-state index in [9.17, 15) is 4.79 Å². The van der Waals surface area contributed by atoms with Crippen molar-refractivity contribution >= 4 is 27.7 Å². The third-order valence-electron chi connectivity index (χ3n) is 4.78. The van der Waals surface area contributed by atoms with Crippen LogP contribution in [0.2, 0.25) is 0 Å². The summed E-state index contributed by atoms with van der Waals surface area (Å²) in [5.41, 5.74) is 2.28. The van der Waals surface area contributed by atoms with Crippen LogP contribution in [0.5, 0.6) is 5.75 Å². The van der Waals surface area contributed by atoms with Crippen molar-refractivity contribution in [2.24, 2.45) is 0 Å². The molecule has 0 radical (unpaired) electrons. The number of amides is 1. The maximum absolute atomic E-state index is 12.9. The zero-order valence-electron chi connectivity index (χ0n) is 14.3. The number of nitrogens with zero attached hydrogens (tertiary/aromatic N) is 1. The molecule has 0 aliphatic heterocycles. The van der Waals surface area contributed by atoms with Gasteiger partial charge in [-0.2, -0.15) is 5.10 Å². The Hall–Kier alpha value is -2.60. The van der Waals surface area contributed by atoms with Gasteiger partial charge in [0.25, 0.3) is 0 Å². The average molecular weight is 412 g/mol. The number of hydrogen-bond acceptors (Lipinski definition) is 3. The van der Waals surface area contributed by atoms with Crippen LogP contribution < -0.4 is 10.1 Å². The van der Waals surface area contributed by atoms with E-state index in [1.807, 2.05) is 54.6 Å². The van der Waals surface area contributed by atoms with Gasteiger partial charge in [0.2, 0.25) is 5.91 Å². The van der Waals surface area contributed by atoms with E-state index >= 15 is 0 Å². The van der Waals surface area contributed by atoms with E-state index in [0.29, 0.717) is 5.82 Å². The average Bonchev–Trinajstić information content (AvgIpc) is 3.35. The number of rotatable bonds is 5. The smallest absolute Gasteiger partial charge is 0.236 e. The molecule has 3 aromatic rings. The molecule has 2 N–H and O–H groups in total. The summed E-state index contributed by atoms with van der Waals surface area (Å²) in [7, 11) is 1.63. The molecule has 6 heteroatoms. The quantitative estimate of drug-likeness (QED) is 0.648. The summed E-state index contributed by atoms with van der Waals surface area (Å²) in [4.78, 5) is 12.9. The SMILES string of the molecule is COc1ccccc1-c1cc(NC(=O)C2(c3cccc(Br)c3)CC2)n[nH]1. The number of H-pyrrole nitrogens is 1. The second-order valence-corrected chi connectivity index (χ2v) is 7.33. The lowest BCUT2D eigenvalue weighted by molar-refractivity contribution is -0.118. The molecule has 1 aliphatic carbocycles. The molecule has 1 aromatic heterocycles. The lowest BCUT2D eigenvalue weighted by atomic mass is 9.95. The van der Waals surface area contributed by atoms with Gasteiger partial charge < -0.3 is 10.1 Å². The molecule has 0 atom stereocenters. The van der Waals surface area contributed by atoms with Gasteiger partial charge in [0.05, 0.1) is 18.2 Å². The minimum absolute atomic E-state index is 0.0197. The molecule has 2 aromatic carbocycles. The van der Waals surface area contributed by atoms with E-state index in [1.54, 1.807) is 7.11 Å². The summed E-state index contributed by atoms with van der Waals surface area (Å²) < 4.78 is 6.36. The largest absolute Gasteiger partial charge is 0.496 e. The number of aromatic nitrogens is 2. The van der Waals surface area contributed by atoms with E-state index in [2.05, 4.69) is 31.4 Å². The number of para-hydroxylation sites is 1. The Bertz CT molecular complexity index is 963. The summed E-state index contributed by atoms with van der Waals surface area (Å²) in [5, 5.41) is 10.2. The van der Waals surface area contributed by atoms with Gasteiger partial charge in [-0.3, -0.25) is 9.89 Å². The van der Waals surface area contributed by atoms with Gasteiger partial charge in [0.15, 0.2) is 5.82 Å². The molecule has 0 unspecified atom stereocenters. The Balaban J connectivity index is 1.55. The molecule has 0 bridgehead atoms. The van der Waals surface area contributed by atoms with Gasteiger partial charge in [-0.25, -0.2) is 0 Å². The maximum Gasteiger partial charge on any atom is 0.236 e. The summed E-state index contributed by atoms with van der Waals surface area (Å²) in [6, 6.07) is 17.4. The fourth-order valence-corrected chi connectivity index (χ4v) is 3.58. The number of carbonyl (C=O) groups excluding carboxylic acids is 1. The Kier molecular flexibility index (Phi) is 4.28. The second kappa shape index (κ2) is 6.61. The zero-order chi connectivity index (χ0) is 18.1. The number of halogens is 1. The predicted octanol–water partition coefficient (Wildman–Crippen LogP) is 4.52. The highest BCUT2D eigenvalue weighted by molar-refractivity contribution is 9.10. The first-order chi connectivity index (χ1) is 12.6. The predicted molar refractivity (Wildman–Crippen MR) is 104 cm³/mol. The van der Waals surface area contributed by atoms with Gasteiger partial charge >= 0.3 is 0 Å². The van der Waals surface area contributed by atoms with Crippen LogP contribution in [-0.2, 0) is 10.2 Å². The highest BCUT2D eigenvalue weighted by atomic mass is 79.9. The van der Waals surface area contributed by atoms with Crippen LogP contribution in [-0.4, -0.2) is 23.2 Å². The topological polar surface area (TPSA) is 67.0 Å². The molecule has 26 heavy (non-hydrogen) atoms. The molecule has 1 aliphatic rings. The molecular formula is C20H18BrN3O2. The van der Waals surface area contributed by atoms with Crippen molar-refractivity contribution in [1.82, 2.24) is 10.2 Å². The molecule has 1 saturated carbocycles. The van der Waals surface area contributed by atoms with Crippen LogP contribution in [0.4, 0.5) is 5.82 Å². The number of aromatic amines is 1. The minimum Gasteiger partial charge on any atom is -0.496 e. The number of nitrogens with one attached hydrogen (secondary N) is 2. The van der Waals surface area contributed by atoms with Crippen LogP contribution in [0.3, 0.4) is 0 Å². The molecule has 0 spiro atoms. The molecule has 132 valence electrons. The molecule has 5 nitrogen and oxygen atoms in total. The molecule has 1 fully saturated rings. The summed E-state index contributed by atoms with van der Waals surface area (Å²) in [6.45, 7) is 0. The van der Waals surface area contributed by atoms with Crippen LogP contribution in [0.15, 0.2) is 59.1 Å². The third-order valence-corrected chi connectivity index (χ3v) is 5.27. The Morgan fingerprint density at radius 1 is 1.19 bits per heavy atom. The first-order valence-electron chi connectivity index (χ1n) is 8.39. The highest BCUT2D eigenvalue weighted by Gasteiger charge is 2.51. The van der Waals surface area contributed by atoms with Crippen molar-refractivity contribution in [3.63, 3.8) is 0 Å². The summed E-state index contributed by atoms with van der Waals surface area (Å²) in [6.07, 6.45) is 1.69. The highest BCUT2D eigenvalue weighted by Crippen LogP contribution is 2.49. The normalized spacial score (nSPS) is 14.7. The van der Waals surface area contributed by atoms with Crippen molar-refractivity contribution in [2.45, 2.75) is 18.3 Å². The molecule has 0 saturated heterocycles. The van der Waals surface area contributed by atoms with E-state index in [1.165, 1.54) is 0 Å². The lowest BCUT2D eigenvalue weighted by Gasteiger charge is -2.15. The van der Waals surface area contributed by atoms with Crippen molar-refractivity contribution in [1.29, 1.82) is 0 Å². The van der Waals surface area contributed by atoms with Crippen molar-refractivity contribution in [3.05, 3.63) is 64.6 Å². The first-order valence-corrected chi connectivity index (χ1v) is 9.18. The van der Waals surface area contributed by atoms with Gasteiger partial charge in [-0.15, -0.1) is 0 Å². The van der Waals surface area contributed by atoms with Crippen LogP contribution in [0.25, 0.3) is 11.3 Å². The Labute approximate surface area is 159 Å². The number of anilines is 1. The number of hydrogen-bond donors (Lipinski definition) is 2. The molecule has 4 rings (SSSR count). The van der Waals surface area contributed by atoms with Gasteiger partial charge in [0, 0.05) is 16.1 Å². The van der Waals surface area contributed by atoms with Crippen LogP contribution in [0.1, 0.15) is 18.4 Å².